The highest BCUT2D eigenvalue weighted by Gasteiger charge is 2.38. The van der Waals surface area contributed by atoms with Crippen molar-refractivity contribution in [2.24, 2.45) is 5.92 Å². The second-order valence-electron chi connectivity index (χ2n) is 7.69. The fraction of sp³-hybridized carbons (Fsp3) is 0.391. The smallest absolute Gasteiger partial charge is 0.228 e. The third-order valence-electron chi connectivity index (χ3n) is 5.92. The van der Waals surface area contributed by atoms with Gasteiger partial charge in [0.15, 0.2) is 0 Å². The Kier molecular flexibility index (Phi) is 5.51. The number of amides is 2. The monoisotopic (exact) mass is 395 g/mol. The van der Waals surface area contributed by atoms with E-state index in [0.717, 1.165) is 12.1 Å². The minimum Gasteiger partial charge on any atom is -0.366 e. The van der Waals surface area contributed by atoms with Gasteiger partial charge in [0.1, 0.15) is 5.82 Å². The number of para-hydroxylation sites is 1. The second-order valence-corrected chi connectivity index (χ2v) is 7.69. The van der Waals surface area contributed by atoms with Gasteiger partial charge in [-0.3, -0.25) is 9.59 Å². The van der Waals surface area contributed by atoms with E-state index in [1.807, 2.05) is 40.1 Å². The summed E-state index contributed by atoms with van der Waals surface area (Å²) < 4.78 is 14.0. The molecular formula is C23H26FN3O2. The average molecular weight is 395 g/mol. The Balaban J connectivity index is 1.37. The molecule has 0 radical (unpaired) electrons. The van der Waals surface area contributed by atoms with Crippen LogP contribution in [0.3, 0.4) is 0 Å². The molecule has 2 aliphatic heterocycles. The molecule has 2 heterocycles. The van der Waals surface area contributed by atoms with E-state index in [1.165, 1.54) is 11.6 Å². The standard InChI is InChI=1S/C23H26FN3O2/c1-2-17-7-9-19(10-8-17)27-16-18(15-22(27)28)23(29)26-13-11-25(12-14-26)21-6-4-3-5-20(21)24/h3-10,18H,2,11-16H2,1H3/t18-/m1/s1. The van der Waals surface area contributed by atoms with Crippen LogP contribution in [0.4, 0.5) is 15.8 Å². The Labute approximate surface area is 170 Å². The minimum absolute atomic E-state index is 0.00223. The van der Waals surface area contributed by atoms with Crippen molar-refractivity contribution in [3.05, 3.63) is 59.9 Å². The molecule has 6 heteroatoms. The maximum absolute atomic E-state index is 14.0. The van der Waals surface area contributed by atoms with Gasteiger partial charge < -0.3 is 14.7 Å². The Morgan fingerprint density at radius 3 is 2.38 bits per heavy atom. The van der Waals surface area contributed by atoms with Crippen LogP contribution in [0.5, 0.6) is 0 Å². The van der Waals surface area contributed by atoms with Crippen molar-refractivity contribution in [1.82, 2.24) is 4.90 Å². The Hall–Kier alpha value is -2.89. The van der Waals surface area contributed by atoms with E-state index in [0.29, 0.717) is 38.4 Å². The molecule has 0 aliphatic carbocycles. The third kappa shape index (κ3) is 3.97. The Morgan fingerprint density at radius 2 is 1.72 bits per heavy atom. The lowest BCUT2D eigenvalue weighted by atomic mass is 10.1. The molecule has 29 heavy (non-hydrogen) atoms. The zero-order chi connectivity index (χ0) is 20.4. The molecular weight excluding hydrogens is 369 g/mol. The number of rotatable bonds is 4. The molecule has 5 nitrogen and oxygen atoms in total. The van der Waals surface area contributed by atoms with Gasteiger partial charge in [0.05, 0.1) is 11.6 Å². The molecule has 2 amide bonds. The first-order valence-electron chi connectivity index (χ1n) is 10.2. The van der Waals surface area contributed by atoms with Gasteiger partial charge in [-0.1, -0.05) is 31.2 Å². The maximum Gasteiger partial charge on any atom is 0.228 e. The summed E-state index contributed by atoms with van der Waals surface area (Å²) in [7, 11) is 0. The highest BCUT2D eigenvalue weighted by molar-refractivity contribution is 6.00. The summed E-state index contributed by atoms with van der Waals surface area (Å²) in [5, 5.41) is 0. The topological polar surface area (TPSA) is 43.9 Å². The number of aryl methyl sites for hydroxylation is 1. The largest absolute Gasteiger partial charge is 0.366 e. The normalized spacial score (nSPS) is 19.7. The van der Waals surface area contributed by atoms with Crippen LogP contribution in [0.15, 0.2) is 48.5 Å². The van der Waals surface area contributed by atoms with E-state index >= 15 is 0 Å². The SMILES string of the molecule is CCc1ccc(N2C[C@H](C(=O)N3CCN(c4ccccc4F)CC3)CC2=O)cc1. The molecule has 2 aromatic carbocycles. The number of carbonyl (C=O) groups is 2. The summed E-state index contributed by atoms with van der Waals surface area (Å²) in [4.78, 5) is 31.0. The van der Waals surface area contributed by atoms with Gasteiger partial charge in [0.2, 0.25) is 11.8 Å². The van der Waals surface area contributed by atoms with Crippen molar-refractivity contribution in [3.8, 4) is 0 Å². The highest BCUT2D eigenvalue weighted by atomic mass is 19.1. The number of halogens is 1. The number of piperazine rings is 1. The van der Waals surface area contributed by atoms with Crippen LogP contribution in [0.25, 0.3) is 0 Å². The number of hydrogen-bond donors (Lipinski definition) is 0. The van der Waals surface area contributed by atoms with Gasteiger partial charge in [-0.2, -0.15) is 0 Å². The lowest BCUT2D eigenvalue weighted by Gasteiger charge is -2.37. The van der Waals surface area contributed by atoms with Crippen molar-refractivity contribution in [3.63, 3.8) is 0 Å². The van der Waals surface area contributed by atoms with Crippen LogP contribution in [0.1, 0.15) is 18.9 Å². The molecule has 2 aliphatic rings. The van der Waals surface area contributed by atoms with Gasteiger partial charge in [-0.15, -0.1) is 0 Å². The molecule has 0 aromatic heterocycles. The van der Waals surface area contributed by atoms with E-state index in [-0.39, 0.29) is 30.0 Å². The molecule has 0 N–H and O–H groups in total. The molecule has 0 unspecified atom stereocenters. The van der Waals surface area contributed by atoms with Gasteiger partial charge in [-0.05, 0) is 36.2 Å². The number of carbonyl (C=O) groups excluding carboxylic acids is 2. The fourth-order valence-corrected chi connectivity index (χ4v) is 4.17. The summed E-state index contributed by atoms with van der Waals surface area (Å²) in [5.74, 6) is -0.524. The van der Waals surface area contributed by atoms with Crippen LogP contribution >= 0.6 is 0 Å². The van der Waals surface area contributed by atoms with Gasteiger partial charge in [0.25, 0.3) is 0 Å². The second kappa shape index (κ2) is 8.23. The van der Waals surface area contributed by atoms with Crippen molar-refractivity contribution in [2.45, 2.75) is 19.8 Å². The molecule has 2 saturated heterocycles. The lowest BCUT2D eigenvalue weighted by Crippen LogP contribution is -2.51. The first-order valence-corrected chi connectivity index (χ1v) is 10.2. The number of nitrogens with zero attached hydrogens (tertiary/aromatic N) is 3. The average Bonchev–Trinajstić information content (AvgIpc) is 3.15. The summed E-state index contributed by atoms with van der Waals surface area (Å²) >= 11 is 0. The predicted octanol–water partition coefficient (Wildman–Crippen LogP) is 3.09. The number of benzene rings is 2. The van der Waals surface area contributed by atoms with Crippen molar-refractivity contribution in [1.29, 1.82) is 0 Å². The van der Waals surface area contributed by atoms with E-state index in [2.05, 4.69) is 6.92 Å². The van der Waals surface area contributed by atoms with Crippen LogP contribution in [0.2, 0.25) is 0 Å². The van der Waals surface area contributed by atoms with E-state index in [9.17, 15) is 14.0 Å². The van der Waals surface area contributed by atoms with Gasteiger partial charge in [0, 0.05) is 44.8 Å². The highest BCUT2D eigenvalue weighted by Crippen LogP contribution is 2.28. The summed E-state index contributed by atoms with van der Waals surface area (Å²) in [6.07, 6.45) is 1.20. The molecule has 0 spiro atoms. The fourth-order valence-electron chi connectivity index (χ4n) is 4.17. The number of hydrogen-bond acceptors (Lipinski definition) is 3. The van der Waals surface area contributed by atoms with Crippen molar-refractivity contribution < 1.29 is 14.0 Å². The van der Waals surface area contributed by atoms with Crippen LogP contribution in [-0.2, 0) is 16.0 Å². The molecule has 1 atom stereocenters. The first-order chi connectivity index (χ1) is 14.1. The molecule has 2 aromatic rings. The van der Waals surface area contributed by atoms with E-state index < -0.39 is 0 Å². The minimum atomic E-state index is -0.312. The third-order valence-corrected chi connectivity index (χ3v) is 5.92. The zero-order valence-corrected chi connectivity index (χ0v) is 16.7. The van der Waals surface area contributed by atoms with Crippen molar-refractivity contribution >= 4 is 23.2 Å². The maximum atomic E-state index is 14.0. The predicted molar refractivity (Wildman–Crippen MR) is 111 cm³/mol. The summed E-state index contributed by atoms with van der Waals surface area (Å²) in [6, 6.07) is 14.7. The summed E-state index contributed by atoms with van der Waals surface area (Å²) in [6.45, 7) is 4.80. The molecule has 152 valence electrons. The Bertz CT molecular complexity index is 891. The summed E-state index contributed by atoms with van der Waals surface area (Å²) in [5.41, 5.74) is 2.66. The Morgan fingerprint density at radius 1 is 1.03 bits per heavy atom. The zero-order valence-electron chi connectivity index (χ0n) is 16.7. The molecule has 2 fully saturated rings. The molecule has 0 bridgehead atoms. The van der Waals surface area contributed by atoms with Gasteiger partial charge in [-0.25, -0.2) is 4.39 Å². The van der Waals surface area contributed by atoms with E-state index in [1.54, 1.807) is 17.0 Å². The van der Waals surface area contributed by atoms with Crippen LogP contribution in [0, 0.1) is 11.7 Å². The van der Waals surface area contributed by atoms with Crippen LogP contribution in [-0.4, -0.2) is 49.4 Å². The quantitative estimate of drug-likeness (QED) is 0.799. The van der Waals surface area contributed by atoms with Crippen molar-refractivity contribution in [2.75, 3.05) is 42.5 Å². The van der Waals surface area contributed by atoms with Gasteiger partial charge >= 0.3 is 0 Å². The number of anilines is 2. The van der Waals surface area contributed by atoms with Crippen LogP contribution < -0.4 is 9.80 Å². The van der Waals surface area contributed by atoms with E-state index in [4.69, 9.17) is 0 Å². The first kappa shape index (κ1) is 19.4. The molecule has 0 saturated carbocycles. The lowest BCUT2D eigenvalue weighted by molar-refractivity contribution is -0.136. The molecule has 4 rings (SSSR count).